The predicted octanol–water partition coefficient (Wildman–Crippen LogP) is 3.66. The van der Waals surface area contributed by atoms with Gasteiger partial charge in [0.2, 0.25) is 5.91 Å². The van der Waals surface area contributed by atoms with Crippen LogP contribution in [0.2, 0.25) is 0 Å². The molecule has 1 N–H and O–H groups in total. The van der Waals surface area contributed by atoms with E-state index in [4.69, 9.17) is 9.47 Å². The smallest absolute Gasteiger partial charge is 0.248 e. The lowest BCUT2D eigenvalue weighted by Gasteiger charge is -2.09. The fourth-order valence-electron chi connectivity index (χ4n) is 2.03. The maximum atomic E-state index is 12.0. The lowest BCUT2D eigenvalue weighted by molar-refractivity contribution is -0.111. The van der Waals surface area contributed by atoms with Crippen LogP contribution in [0.15, 0.2) is 48.5 Å². The molecule has 0 aliphatic rings. The van der Waals surface area contributed by atoms with Crippen LogP contribution in [-0.4, -0.2) is 20.1 Å². The van der Waals surface area contributed by atoms with E-state index >= 15 is 0 Å². The Kier molecular flexibility index (Phi) is 5.20. The van der Waals surface area contributed by atoms with Gasteiger partial charge in [-0.15, -0.1) is 0 Å². The largest absolute Gasteiger partial charge is 0.493 e. The van der Waals surface area contributed by atoms with E-state index in [9.17, 15) is 4.79 Å². The molecule has 114 valence electrons. The fraction of sp³-hybridized carbons (Fsp3) is 0.167. The Morgan fingerprint density at radius 3 is 2.41 bits per heavy atom. The van der Waals surface area contributed by atoms with E-state index in [0.29, 0.717) is 11.5 Å². The van der Waals surface area contributed by atoms with Crippen molar-refractivity contribution in [3.63, 3.8) is 0 Å². The van der Waals surface area contributed by atoms with Gasteiger partial charge in [-0.3, -0.25) is 4.79 Å². The average Bonchev–Trinajstić information content (AvgIpc) is 2.54. The first-order chi connectivity index (χ1) is 10.6. The lowest BCUT2D eigenvalue weighted by Crippen LogP contribution is -2.07. The van der Waals surface area contributed by atoms with E-state index < -0.39 is 0 Å². The fourth-order valence-corrected chi connectivity index (χ4v) is 2.03. The molecule has 4 nitrogen and oxygen atoms in total. The standard InChI is InChI=1S/C18H19NO3/c1-13-7-10-15(11-8-13)19-17(20)12-9-14-5-4-6-16(21-2)18(14)22-3/h4-12H,1-3H3,(H,19,20). The highest BCUT2D eigenvalue weighted by molar-refractivity contribution is 6.02. The topological polar surface area (TPSA) is 47.6 Å². The highest BCUT2D eigenvalue weighted by Gasteiger charge is 2.07. The molecule has 0 atom stereocenters. The number of carbonyl (C=O) groups excluding carboxylic acids is 1. The van der Waals surface area contributed by atoms with Gasteiger partial charge in [0.15, 0.2) is 11.5 Å². The van der Waals surface area contributed by atoms with Crippen LogP contribution in [0.25, 0.3) is 6.08 Å². The van der Waals surface area contributed by atoms with Crippen LogP contribution in [0.3, 0.4) is 0 Å². The van der Waals surface area contributed by atoms with Crippen LogP contribution in [-0.2, 0) is 4.79 Å². The molecule has 0 fully saturated rings. The highest BCUT2D eigenvalue weighted by atomic mass is 16.5. The zero-order valence-corrected chi connectivity index (χ0v) is 12.9. The summed E-state index contributed by atoms with van der Waals surface area (Å²) in [5.74, 6) is 1.03. The molecule has 0 aromatic heterocycles. The van der Waals surface area contributed by atoms with E-state index in [1.165, 1.54) is 6.08 Å². The molecule has 0 spiro atoms. The average molecular weight is 297 g/mol. The third kappa shape index (κ3) is 3.88. The van der Waals surface area contributed by atoms with Gasteiger partial charge in [0, 0.05) is 17.3 Å². The predicted molar refractivity (Wildman–Crippen MR) is 88.4 cm³/mol. The SMILES string of the molecule is COc1cccc(C=CC(=O)Nc2ccc(C)cc2)c1OC. The summed E-state index contributed by atoms with van der Waals surface area (Å²) in [6.07, 6.45) is 3.17. The van der Waals surface area contributed by atoms with E-state index in [-0.39, 0.29) is 5.91 Å². The number of ether oxygens (including phenoxy) is 2. The second-order valence-corrected chi connectivity index (χ2v) is 4.77. The van der Waals surface area contributed by atoms with Crippen molar-refractivity contribution >= 4 is 17.7 Å². The summed E-state index contributed by atoms with van der Waals surface area (Å²) in [7, 11) is 3.15. The second kappa shape index (κ2) is 7.31. The molecule has 0 unspecified atom stereocenters. The van der Waals surface area contributed by atoms with Gasteiger partial charge in [-0.1, -0.05) is 29.8 Å². The van der Waals surface area contributed by atoms with Crippen molar-refractivity contribution in [2.75, 3.05) is 19.5 Å². The van der Waals surface area contributed by atoms with Crippen LogP contribution in [0.1, 0.15) is 11.1 Å². The Morgan fingerprint density at radius 2 is 1.77 bits per heavy atom. The molecule has 0 heterocycles. The summed E-state index contributed by atoms with van der Waals surface area (Å²) >= 11 is 0. The number of amides is 1. The summed E-state index contributed by atoms with van der Waals surface area (Å²) < 4.78 is 10.6. The van der Waals surface area contributed by atoms with Crippen LogP contribution < -0.4 is 14.8 Å². The number of aryl methyl sites for hydroxylation is 1. The number of nitrogens with one attached hydrogen (secondary N) is 1. The Balaban J connectivity index is 2.11. The van der Waals surface area contributed by atoms with Gasteiger partial charge < -0.3 is 14.8 Å². The molecule has 4 heteroatoms. The quantitative estimate of drug-likeness (QED) is 0.857. The molecular weight excluding hydrogens is 278 g/mol. The van der Waals surface area contributed by atoms with Gasteiger partial charge in [0.25, 0.3) is 0 Å². The monoisotopic (exact) mass is 297 g/mol. The Hall–Kier alpha value is -2.75. The Labute approximate surface area is 130 Å². The van der Waals surface area contributed by atoms with Gasteiger partial charge >= 0.3 is 0 Å². The maximum absolute atomic E-state index is 12.0. The second-order valence-electron chi connectivity index (χ2n) is 4.77. The number of hydrogen-bond acceptors (Lipinski definition) is 3. The molecule has 2 rings (SSSR count). The third-order valence-corrected chi connectivity index (χ3v) is 3.17. The summed E-state index contributed by atoms with van der Waals surface area (Å²) in [5, 5.41) is 2.81. The van der Waals surface area contributed by atoms with E-state index in [1.807, 2.05) is 49.4 Å². The highest BCUT2D eigenvalue weighted by Crippen LogP contribution is 2.31. The normalized spacial score (nSPS) is 10.5. The Bertz CT molecular complexity index is 675. The van der Waals surface area contributed by atoms with Gasteiger partial charge in [-0.25, -0.2) is 0 Å². The molecule has 2 aromatic rings. The number of benzene rings is 2. The molecule has 0 saturated heterocycles. The number of hydrogen-bond donors (Lipinski definition) is 1. The van der Waals surface area contributed by atoms with E-state index in [0.717, 1.165) is 16.8 Å². The molecule has 0 aliphatic heterocycles. The van der Waals surface area contributed by atoms with Gasteiger partial charge in [0.1, 0.15) is 0 Å². The minimum Gasteiger partial charge on any atom is -0.493 e. The zero-order chi connectivity index (χ0) is 15.9. The Morgan fingerprint density at radius 1 is 1.05 bits per heavy atom. The van der Waals surface area contributed by atoms with Crippen molar-refractivity contribution < 1.29 is 14.3 Å². The number of anilines is 1. The van der Waals surface area contributed by atoms with Gasteiger partial charge in [0.05, 0.1) is 14.2 Å². The third-order valence-electron chi connectivity index (χ3n) is 3.17. The van der Waals surface area contributed by atoms with Crippen LogP contribution >= 0.6 is 0 Å². The molecule has 0 saturated carbocycles. The molecule has 2 aromatic carbocycles. The van der Waals surface area contributed by atoms with E-state index in [2.05, 4.69) is 5.32 Å². The molecule has 22 heavy (non-hydrogen) atoms. The van der Waals surface area contributed by atoms with Crippen molar-refractivity contribution in [3.8, 4) is 11.5 Å². The van der Waals surface area contributed by atoms with Crippen molar-refractivity contribution in [3.05, 3.63) is 59.7 Å². The minimum atomic E-state index is -0.200. The molecule has 0 radical (unpaired) electrons. The summed E-state index contributed by atoms with van der Waals surface area (Å²) in [6, 6.07) is 13.1. The van der Waals surface area contributed by atoms with Crippen molar-refractivity contribution in [2.45, 2.75) is 6.92 Å². The van der Waals surface area contributed by atoms with Crippen molar-refractivity contribution in [2.24, 2.45) is 0 Å². The van der Waals surface area contributed by atoms with Crippen LogP contribution in [0, 0.1) is 6.92 Å². The first-order valence-electron chi connectivity index (χ1n) is 6.90. The summed E-state index contributed by atoms with van der Waals surface area (Å²) in [6.45, 7) is 2.00. The number of carbonyl (C=O) groups is 1. The first-order valence-corrected chi connectivity index (χ1v) is 6.90. The van der Waals surface area contributed by atoms with Crippen LogP contribution in [0.5, 0.6) is 11.5 Å². The number of methoxy groups -OCH3 is 2. The van der Waals surface area contributed by atoms with Crippen LogP contribution in [0.4, 0.5) is 5.69 Å². The zero-order valence-electron chi connectivity index (χ0n) is 12.9. The van der Waals surface area contributed by atoms with Gasteiger partial charge in [-0.05, 0) is 31.2 Å². The number of para-hydroxylation sites is 1. The molecule has 0 bridgehead atoms. The number of rotatable bonds is 5. The minimum absolute atomic E-state index is 0.200. The summed E-state index contributed by atoms with van der Waals surface area (Å²) in [4.78, 5) is 12.0. The molecule has 0 aliphatic carbocycles. The van der Waals surface area contributed by atoms with Crippen molar-refractivity contribution in [1.82, 2.24) is 0 Å². The molecular formula is C18H19NO3. The first kappa shape index (κ1) is 15.6. The summed E-state index contributed by atoms with van der Waals surface area (Å²) in [5.41, 5.74) is 2.69. The maximum Gasteiger partial charge on any atom is 0.248 e. The van der Waals surface area contributed by atoms with Gasteiger partial charge in [-0.2, -0.15) is 0 Å². The lowest BCUT2D eigenvalue weighted by atomic mass is 10.1. The van der Waals surface area contributed by atoms with Crippen molar-refractivity contribution in [1.29, 1.82) is 0 Å². The molecule has 1 amide bonds. The van der Waals surface area contributed by atoms with E-state index in [1.54, 1.807) is 20.3 Å².